The summed E-state index contributed by atoms with van der Waals surface area (Å²) in [5.41, 5.74) is 9.44. The minimum Gasteiger partial charge on any atom is -0.493 e. The molecule has 1 aliphatic heterocycles. The van der Waals surface area contributed by atoms with Crippen molar-refractivity contribution < 1.29 is 22.3 Å². The van der Waals surface area contributed by atoms with Crippen molar-refractivity contribution in [3.05, 3.63) is 90.4 Å². The van der Waals surface area contributed by atoms with Crippen LogP contribution in [0.25, 0.3) is 11.3 Å². The number of nitrogens with one attached hydrogen (secondary N) is 1. The van der Waals surface area contributed by atoms with Crippen molar-refractivity contribution >= 4 is 21.7 Å². The summed E-state index contributed by atoms with van der Waals surface area (Å²) < 4.78 is 52.1. The van der Waals surface area contributed by atoms with Crippen molar-refractivity contribution in [1.82, 2.24) is 14.3 Å². The van der Waals surface area contributed by atoms with Crippen LogP contribution in [0.15, 0.2) is 83.9 Å². The fourth-order valence-corrected chi connectivity index (χ4v) is 6.47. The lowest BCUT2D eigenvalue weighted by molar-refractivity contribution is 0.245. The van der Waals surface area contributed by atoms with E-state index in [4.69, 9.17) is 15.2 Å². The Morgan fingerprint density at radius 2 is 1.63 bits per heavy atom. The van der Waals surface area contributed by atoms with Gasteiger partial charge in [-0.25, -0.2) is 22.8 Å². The smallest absolute Gasteiger partial charge is 0.243 e. The lowest BCUT2D eigenvalue weighted by Crippen LogP contribution is -2.40. The van der Waals surface area contributed by atoms with Crippen LogP contribution >= 0.6 is 0 Å². The maximum atomic E-state index is 13.3. The maximum Gasteiger partial charge on any atom is 0.243 e. The molecule has 0 bridgehead atoms. The third-order valence-electron chi connectivity index (χ3n) is 7.34. The van der Waals surface area contributed by atoms with Crippen LogP contribution in [0.4, 0.5) is 16.0 Å². The number of anilines is 2. The van der Waals surface area contributed by atoms with Gasteiger partial charge in [0.1, 0.15) is 5.82 Å². The normalized spacial score (nSPS) is 15.3. The van der Waals surface area contributed by atoms with Gasteiger partial charge in [-0.3, -0.25) is 0 Å². The van der Waals surface area contributed by atoms with Crippen LogP contribution in [-0.2, 0) is 10.0 Å². The molecule has 41 heavy (non-hydrogen) atoms. The van der Waals surface area contributed by atoms with Crippen molar-refractivity contribution in [3.8, 4) is 22.8 Å². The van der Waals surface area contributed by atoms with Crippen LogP contribution < -0.4 is 20.5 Å². The van der Waals surface area contributed by atoms with Crippen LogP contribution in [0.1, 0.15) is 24.4 Å². The van der Waals surface area contributed by atoms with Gasteiger partial charge in [-0.15, -0.1) is 0 Å². The molecule has 0 aliphatic carbocycles. The van der Waals surface area contributed by atoms with E-state index in [1.54, 1.807) is 62.9 Å². The minimum atomic E-state index is -3.66. The number of ether oxygens (including phenoxy) is 2. The molecule has 1 saturated heterocycles. The van der Waals surface area contributed by atoms with Crippen LogP contribution in [0, 0.1) is 11.7 Å². The first kappa shape index (κ1) is 28.5. The second-order valence-electron chi connectivity index (χ2n) is 9.80. The molecule has 1 fully saturated rings. The molecule has 1 aliphatic rings. The summed E-state index contributed by atoms with van der Waals surface area (Å²) >= 11 is 0. The van der Waals surface area contributed by atoms with Gasteiger partial charge in [-0.05, 0) is 85.0 Å². The zero-order chi connectivity index (χ0) is 29.0. The predicted molar refractivity (Wildman–Crippen MR) is 155 cm³/mol. The fraction of sp³-hybridized carbons (Fsp3) is 0.267. The fourth-order valence-electron chi connectivity index (χ4n) is 5.00. The van der Waals surface area contributed by atoms with Crippen molar-refractivity contribution in [2.24, 2.45) is 11.7 Å². The van der Waals surface area contributed by atoms with Gasteiger partial charge in [0.05, 0.1) is 24.8 Å². The Labute approximate surface area is 239 Å². The Hall–Kier alpha value is -4.06. The van der Waals surface area contributed by atoms with E-state index in [2.05, 4.69) is 15.3 Å². The number of sulfonamides is 1. The van der Waals surface area contributed by atoms with Gasteiger partial charge in [-0.2, -0.15) is 4.31 Å². The molecule has 0 spiro atoms. The zero-order valence-electron chi connectivity index (χ0n) is 22.8. The molecule has 214 valence electrons. The third-order valence-corrected chi connectivity index (χ3v) is 9.26. The largest absolute Gasteiger partial charge is 0.493 e. The van der Waals surface area contributed by atoms with Crippen LogP contribution in [0.5, 0.6) is 11.5 Å². The first-order valence-electron chi connectivity index (χ1n) is 13.2. The Balaban J connectivity index is 1.23. The number of piperidine rings is 1. The molecule has 9 nitrogen and oxygen atoms in total. The van der Waals surface area contributed by atoms with E-state index in [9.17, 15) is 12.8 Å². The SMILES string of the molecule is COc1ccc(-c2ccnc(Nc3ccc(S(=O)(=O)N4CCC([C@H](N)c5ccc(F)cc5)CC4)cc3)n2)cc1OC. The highest BCUT2D eigenvalue weighted by Crippen LogP contribution is 2.33. The Morgan fingerprint density at radius 1 is 0.951 bits per heavy atom. The quantitative estimate of drug-likeness (QED) is 0.281. The zero-order valence-corrected chi connectivity index (χ0v) is 23.6. The maximum absolute atomic E-state index is 13.3. The Bertz CT molecular complexity index is 1590. The number of nitrogens with zero attached hydrogens (tertiary/aromatic N) is 3. The molecule has 0 unspecified atom stereocenters. The monoisotopic (exact) mass is 577 g/mol. The second kappa shape index (κ2) is 12.2. The molecular formula is C30H32FN5O4S. The average molecular weight is 578 g/mol. The molecule has 0 radical (unpaired) electrons. The molecule has 1 aromatic heterocycles. The standard InChI is InChI=1S/C30H32FN5O4S/c1-39-27-12-5-22(19-28(27)40-2)26-13-16-33-30(35-26)34-24-8-10-25(11-9-24)41(37,38)36-17-14-21(15-18-36)29(32)20-3-6-23(31)7-4-20/h3-13,16,19,21,29H,14-15,17-18,32H2,1-2H3,(H,33,34,35)/t29-/m1/s1. The van der Waals surface area contributed by atoms with Gasteiger partial charge in [0.25, 0.3) is 0 Å². The first-order valence-corrected chi connectivity index (χ1v) is 14.7. The lowest BCUT2D eigenvalue weighted by atomic mass is 9.86. The van der Waals surface area contributed by atoms with Gasteiger partial charge in [0, 0.05) is 36.6 Å². The van der Waals surface area contributed by atoms with E-state index in [0.29, 0.717) is 54.8 Å². The van der Waals surface area contributed by atoms with Gasteiger partial charge in [0.15, 0.2) is 11.5 Å². The van der Waals surface area contributed by atoms with Crippen LogP contribution in [-0.4, -0.2) is 50.0 Å². The summed E-state index contributed by atoms with van der Waals surface area (Å²) in [6, 6.07) is 19.8. The summed E-state index contributed by atoms with van der Waals surface area (Å²) in [4.78, 5) is 9.09. The Kier molecular flexibility index (Phi) is 8.48. The number of hydrogen-bond acceptors (Lipinski definition) is 8. The van der Waals surface area contributed by atoms with E-state index >= 15 is 0 Å². The molecule has 11 heteroatoms. The minimum absolute atomic E-state index is 0.119. The first-order chi connectivity index (χ1) is 19.8. The number of methoxy groups -OCH3 is 2. The molecule has 4 aromatic rings. The molecule has 0 saturated carbocycles. The average Bonchev–Trinajstić information content (AvgIpc) is 3.01. The van der Waals surface area contributed by atoms with Gasteiger partial charge >= 0.3 is 0 Å². The number of rotatable bonds is 9. The summed E-state index contributed by atoms with van der Waals surface area (Å²) in [5.74, 6) is 1.39. The number of benzene rings is 3. The highest BCUT2D eigenvalue weighted by molar-refractivity contribution is 7.89. The van der Waals surface area contributed by atoms with Gasteiger partial charge < -0.3 is 20.5 Å². The summed E-state index contributed by atoms with van der Waals surface area (Å²) in [5, 5.41) is 3.14. The topological polar surface area (TPSA) is 120 Å². The van der Waals surface area contributed by atoms with Gasteiger partial charge in [-0.1, -0.05) is 12.1 Å². The second-order valence-corrected chi connectivity index (χ2v) is 11.7. The number of hydrogen-bond donors (Lipinski definition) is 2. The lowest BCUT2D eigenvalue weighted by Gasteiger charge is -2.34. The predicted octanol–water partition coefficient (Wildman–Crippen LogP) is 5.14. The highest BCUT2D eigenvalue weighted by Gasteiger charge is 2.32. The van der Waals surface area contributed by atoms with Crippen molar-refractivity contribution in [3.63, 3.8) is 0 Å². The van der Waals surface area contributed by atoms with Crippen LogP contribution in [0.2, 0.25) is 0 Å². The summed E-state index contributed by atoms with van der Waals surface area (Å²) in [6.45, 7) is 0.747. The summed E-state index contributed by atoms with van der Waals surface area (Å²) in [7, 11) is -0.509. The van der Waals surface area contributed by atoms with E-state index in [1.807, 2.05) is 18.2 Å². The van der Waals surface area contributed by atoms with Crippen molar-refractivity contribution in [2.45, 2.75) is 23.8 Å². The van der Waals surface area contributed by atoms with Crippen LogP contribution in [0.3, 0.4) is 0 Å². The highest BCUT2D eigenvalue weighted by atomic mass is 32.2. The molecule has 3 N–H and O–H groups in total. The molecule has 0 amide bonds. The molecule has 3 aromatic carbocycles. The van der Waals surface area contributed by atoms with Gasteiger partial charge in [0.2, 0.25) is 16.0 Å². The molecule has 2 heterocycles. The van der Waals surface area contributed by atoms with Crippen molar-refractivity contribution in [1.29, 1.82) is 0 Å². The number of aromatic nitrogens is 2. The van der Waals surface area contributed by atoms with E-state index in [0.717, 1.165) is 11.1 Å². The van der Waals surface area contributed by atoms with E-state index in [1.165, 1.54) is 16.4 Å². The number of halogens is 1. The van der Waals surface area contributed by atoms with Crippen molar-refractivity contribution in [2.75, 3.05) is 32.6 Å². The number of nitrogens with two attached hydrogens (primary N) is 1. The summed E-state index contributed by atoms with van der Waals surface area (Å²) in [6.07, 6.45) is 2.90. The van der Waals surface area contributed by atoms with E-state index < -0.39 is 10.0 Å². The molecule has 1 atom stereocenters. The van der Waals surface area contributed by atoms with E-state index in [-0.39, 0.29) is 22.7 Å². The molecule has 5 rings (SSSR count). The third kappa shape index (κ3) is 6.32. The molecular weight excluding hydrogens is 545 g/mol. The Morgan fingerprint density at radius 3 is 2.29 bits per heavy atom.